The van der Waals surface area contributed by atoms with Gasteiger partial charge in [0, 0.05) is 6.10 Å². The molecule has 4 heteroatoms. The third kappa shape index (κ3) is 1.35. The molecule has 1 fully saturated rings. The van der Waals surface area contributed by atoms with Crippen molar-refractivity contribution in [2.24, 2.45) is 0 Å². The van der Waals surface area contributed by atoms with Gasteiger partial charge in [0.1, 0.15) is 9.84 Å². The fourth-order valence-corrected chi connectivity index (χ4v) is 3.34. The van der Waals surface area contributed by atoms with Crippen LogP contribution in [0, 0.1) is 5.25 Å². The number of hydrogen-bond donors (Lipinski definition) is 0. The summed E-state index contributed by atoms with van der Waals surface area (Å²) < 4.78 is 29.1. The second kappa shape index (κ2) is 2.89. The van der Waals surface area contributed by atoms with Crippen molar-refractivity contribution in [3.63, 3.8) is 0 Å². The molecule has 2 atom stereocenters. The van der Waals surface area contributed by atoms with Crippen molar-refractivity contribution in [1.82, 2.24) is 0 Å². The average Bonchev–Trinajstić information content (AvgIpc) is 2.60. The van der Waals surface area contributed by atoms with E-state index in [0.29, 0.717) is 10.8 Å². The predicted octanol–water partition coefficient (Wildman–Crippen LogP) is 1.63. The van der Waals surface area contributed by atoms with Gasteiger partial charge in [-0.15, -0.1) is 0 Å². The Morgan fingerprint density at radius 3 is 2.40 bits per heavy atom. The molecule has 0 aromatic rings. The molecule has 2 rings (SSSR count). The van der Waals surface area contributed by atoms with E-state index in [1.165, 1.54) is 0 Å². The van der Waals surface area contributed by atoms with E-state index in [1.807, 2.05) is 6.08 Å². The van der Waals surface area contributed by atoms with Crippen LogP contribution >= 0.6 is 0 Å². The van der Waals surface area contributed by atoms with Gasteiger partial charge in [0.15, 0.2) is 0 Å². The minimum atomic E-state index is -3.32. The quantitative estimate of drug-likeness (QED) is 0.505. The molecule has 84 valence electrons. The van der Waals surface area contributed by atoms with Crippen LogP contribution < -0.4 is 0 Å². The summed E-state index contributed by atoms with van der Waals surface area (Å²) in [5.41, 5.74) is 0.595. The number of fused-ring (bicyclic) bond motifs is 2. The molecule has 0 aromatic carbocycles. The number of rotatable bonds is 1. The summed E-state index contributed by atoms with van der Waals surface area (Å²) >= 11 is 0. The first-order chi connectivity index (χ1) is 6.75. The molecule has 2 aliphatic rings. The second-order valence-electron chi connectivity index (χ2n) is 4.87. The molecule has 0 N–H and O–H groups in total. The summed E-state index contributed by atoms with van der Waals surface area (Å²) in [5, 5.41) is 0.363. The summed E-state index contributed by atoms with van der Waals surface area (Å²) in [6.07, 6.45) is 3.00. The Labute approximate surface area is 90.7 Å². The highest BCUT2D eigenvalue weighted by atomic mass is 32.2. The molecule has 0 aromatic heterocycles. The molecule has 0 spiro atoms. The lowest BCUT2D eigenvalue weighted by Crippen LogP contribution is -2.36. The first kappa shape index (κ1) is 10.8. The van der Waals surface area contributed by atoms with E-state index in [0.717, 1.165) is 0 Å². The lowest BCUT2D eigenvalue weighted by Gasteiger charge is -2.34. The summed E-state index contributed by atoms with van der Waals surface area (Å²) in [5.74, 6) is 0. The minimum Gasteiger partial charge on any atom is -0.378 e. The van der Waals surface area contributed by atoms with Gasteiger partial charge in [-0.05, 0) is 20.8 Å². The molecule has 1 saturated heterocycles. The van der Waals surface area contributed by atoms with Crippen LogP contribution in [-0.2, 0) is 14.6 Å². The highest BCUT2D eigenvalue weighted by Gasteiger charge is 2.44. The van der Waals surface area contributed by atoms with Crippen molar-refractivity contribution < 1.29 is 13.2 Å². The monoisotopic (exact) mass is 227 g/mol. The molecule has 2 heterocycles. The highest BCUT2D eigenvalue weighted by molar-refractivity contribution is 7.95. The normalized spacial score (nSPS) is 30.3. The molecule has 0 aliphatic carbocycles. The van der Waals surface area contributed by atoms with Crippen molar-refractivity contribution in [3.8, 4) is 0 Å². The van der Waals surface area contributed by atoms with E-state index >= 15 is 0 Å². The van der Waals surface area contributed by atoms with Crippen LogP contribution in [-0.4, -0.2) is 25.4 Å². The summed E-state index contributed by atoms with van der Waals surface area (Å²) in [4.78, 5) is 0. The molecule has 2 aliphatic heterocycles. The zero-order valence-corrected chi connectivity index (χ0v) is 9.97. The van der Waals surface area contributed by atoms with Gasteiger partial charge in [-0.25, -0.2) is 15.0 Å². The highest BCUT2D eigenvalue weighted by Crippen LogP contribution is 2.45. The van der Waals surface area contributed by atoms with E-state index in [-0.39, 0.29) is 6.10 Å². The third-order valence-electron chi connectivity index (χ3n) is 2.77. The average molecular weight is 227 g/mol. The zero-order chi connectivity index (χ0) is 11.4. The fourth-order valence-electron chi connectivity index (χ4n) is 1.78. The number of ether oxygens (including phenoxy) is 1. The predicted molar refractivity (Wildman–Crippen MR) is 58.9 cm³/mol. The summed E-state index contributed by atoms with van der Waals surface area (Å²) in [6, 6.07) is 0. The lowest BCUT2D eigenvalue weighted by atomic mass is 10.0. The van der Waals surface area contributed by atoms with Crippen molar-refractivity contribution in [3.05, 3.63) is 29.6 Å². The third-order valence-corrected chi connectivity index (χ3v) is 5.45. The van der Waals surface area contributed by atoms with E-state index in [1.54, 1.807) is 26.8 Å². The Morgan fingerprint density at radius 2 is 2.00 bits per heavy atom. The van der Waals surface area contributed by atoms with Crippen LogP contribution in [0.2, 0.25) is 0 Å². The van der Waals surface area contributed by atoms with E-state index < -0.39 is 20.7 Å². The maximum atomic E-state index is 12.2. The maximum absolute atomic E-state index is 12.2. The second-order valence-corrected chi connectivity index (χ2v) is 7.54. The van der Waals surface area contributed by atoms with Crippen LogP contribution in [0.5, 0.6) is 0 Å². The standard InChI is InChI=1S/C11H15O3S/c1-7-8-5-6-9(14-8)10(7)15(12,13)11(2,3)4/h5-6,8-9H,1H2,2-4H3/q-1/t8-,9+/m1/s1. The van der Waals surface area contributed by atoms with Gasteiger partial charge in [0.2, 0.25) is 0 Å². The lowest BCUT2D eigenvalue weighted by molar-refractivity contribution is 0.135. The van der Waals surface area contributed by atoms with E-state index in [4.69, 9.17) is 4.74 Å². The smallest absolute Gasteiger partial charge is 0.115 e. The molecule has 0 amide bonds. The zero-order valence-electron chi connectivity index (χ0n) is 9.15. The Kier molecular flexibility index (Phi) is 2.07. The molecule has 3 nitrogen and oxygen atoms in total. The van der Waals surface area contributed by atoms with Crippen LogP contribution in [0.1, 0.15) is 20.8 Å². The van der Waals surface area contributed by atoms with Gasteiger partial charge < -0.3 is 4.74 Å². The number of hydrogen-bond acceptors (Lipinski definition) is 3. The molecule has 0 unspecified atom stereocenters. The van der Waals surface area contributed by atoms with Gasteiger partial charge in [-0.2, -0.15) is 5.57 Å². The Hall–Kier alpha value is -0.740. The van der Waals surface area contributed by atoms with Crippen LogP contribution in [0.4, 0.5) is 0 Å². The largest absolute Gasteiger partial charge is 0.378 e. The van der Waals surface area contributed by atoms with E-state index in [2.05, 4.69) is 6.58 Å². The van der Waals surface area contributed by atoms with Crippen LogP contribution in [0.3, 0.4) is 0 Å². The van der Waals surface area contributed by atoms with Crippen LogP contribution in [0.25, 0.3) is 0 Å². The maximum Gasteiger partial charge on any atom is 0.115 e. The topological polar surface area (TPSA) is 43.4 Å². The Bertz CT molecular complexity index is 425. The van der Waals surface area contributed by atoms with Gasteiger partial charge in [-0.3, -0.25) is 0 Å². The summed E-state index contributed by atoms with van der Waals surface area (Å²) in [7, 11) is -3.32. The first-order valence-electron chi connectivity index (χ1n) is 4.89. The molecule has 2 bridgehead atoms. The van der Waals surface area contributed by atoms with Crippen LogP contribution in [0.15, 0.2) is 24.3 Å². The van der Waals surface area contributed by atoms with Gasteiger partial charge in [0.05, 0.1) is 10.9 Å². The summed E-state index contributed by atoms with van der Waals surface area (Å²) in [6.45, 7) is 8.88. The SMILES string of the molecule is C=C1[C-](S(=O)(=O)C(C)(C)C)[C@@H]2C=C[C@H]1O2. The van der Waals surface area contributed by atoms with Gasteiger partial charge in [0.25, 0.3) is 0 Å². The first-order valence-corrected chi connectivity index (χ1v) is 6.38. The van der Waals surface area contributed by atoms with E-state index in [9.17, 15) is 8.42 Å². The van der Waals surface area contributed by atoms with Crippen molar-refractivity contribution >= 4 is 9.84 Å². The fraction of sp³-hybridized carbons (Fsp3) is 0.545. The van der Waals surface area contributed by atoms with Gasteiger partial charge >= 0.3 is 0 Å². The molecule has 0 radical (unpaired) electrons. The minimum absolute atomic E-state index is 0.234. The van der Waals surface area contributed by atoms with Gasteiger partial charge in [-0.1, -0.05) is 17.4 Å². The molecule has 0 saturated carbocycles. The number of sulfone groups is 1. The molecular weight excluding hydrogens is 212 g/mol. The molecule has 15 heavy (non-hydrogen) atoms. The van der Waals surface area contributed by atoms with Crippen molar-refractivity contribution in [1.29, 1.82) is 0 Å². The molecular formula is C11H15O3S-. The van der Waals surface area contributed by atoms with Crippen molar-refractivity contribution in [2.45, 2.75) is 37.7 Å². The van der Waals surface area contributed by atoms with Crippen molar-refractivity contribution in [2.75, 3.05) is 0 Å². The Balaban J connectivity index is 2.42. The Morgan fingerprint density at radius 1 is 1.40 bits per heavy atom.